The summed E-state index contributed by atoms with van der Waals surface area (Å²) in [6.07, 6.45) is 14.1. The van der Waals surface area contributed by atoms with Gasteiger partial charge in [-0.2, -0.15) is 0 Å². The van der Waals surface area contributed by atoms with Gasteiger partial charge < -0.3 is 0 Å². The van der Waals surface area contributed by atoms with E-state index < -0.39 is 8.07 Å². The van der Waals surface area contributed by atoms with Crippen molar-refractivity contribution in [2.24, 2.45) is 0 Å². The Labute approximate surface area is 256 Å². The Kier molecular flexibility index (Phi) is 8.72. The van der Waals surface area contributed by atoms with Crippen molar-refractivity contribution in [3.05, 3.63) is 128 Å². The maximum absolute atomic E-state index is 2.62. The van der Waals surface area contributed by atoms with Crippen molar-refractivity contribution < 1.29 is 49.4 Å². The van der Waals surface area contributed by atoms with Gasteiger partial charge >= 0.3 is 235 Å². The first kappa shape index (κ1) is 27.9. The molecule has 0 radical (unpaired) electrons. The predicted octanol–water partition coefficient (Wildman–Crippen LogP) is 8.15. The van der Waals surface area contributed by atoms with Crippen LogP contribution < -0.4 is 0 Å². The first-order chi connectivity index (χ1) is 16.0. The summed E-state index contributed by atoms with van der Waals surface area (Å²) in [6, 6.07) is 22.4. The van der Waals surface area contributed by atoms with Crippen LogP contribution in [-0.2, 0) is 49.4 Å². The van der Waals surface area contributed by atoms with Crippen molar-refractivity contribution >= 4 is 59.0 Å². The maximum atomic E-state index is 2.62. The topological polar surface area (TPSA) is 0 Å². The van der Waals surface area contributed by atoms with Gasteiger partial charge in [-0.1, -0.05) is 0 Å². The van der Waals surface area contributed by atoms with E-state index in [2.05, 4.69) is 110 Å². The summed E-state index contributed by atoms with van der Waals surface area (Å²) in [6.45, 7) is 5.24. The van der Waals surface area contributed by atoms with Crippen LogP contribution in [0.25, 0.3) is 0 Å². The Morgan fingerprint density at radius 2 is 0.971 bits per heavy atom. The number of hydrogen-bond donors (Lipinski definition) is 0. The second-order valence-corrected chi connectivity index (χ2v) is 21.2. The molecular weight excluding hydrogens is 682 g/mol. The maximum Gasteiger partial charge on any atom is -0.147 e. The molecule has 6 rings (SSSR count). The smallest absolute Gasteiger partial charge is 0.147 e. The van der Waals surface area contributed by atoms with Crippen LogP contribution in [0.1, 0.15) is 0 Å². The average Bonchev–Trinajstić information content (AvgIpc) is 3.55. The summed E-state index contributed by atoms with van der Waals surface area (Å²) in [7, 11) is -1.76. The third-order valence-electron chi connectivity index (χ3n) is 6.60. The van der Waals surface area contributed by atoms with E-state index in [9.17, 15) is 0 Å². The van der Waals surface area contributed by atoms with E-state index in [-0.39, 0.29) is 45.8 Å². The largest absolute Gasteiger partial charge is 0.147 e. The summed E-state index contributed by atoms with van der Waals surface area (Å²) >= 11 is 3.15. The van der Waals surface area contributed by atoms with Gasteiger partial charge in [-0.15, -0.1) is 24.8 Å². The van der Waals surface area contributed by atoms with Crippen molar-refractivity contribution in [1.29, 1.82) is 0 Å². The molecule has 0 fully saturated rings. The summed E-state index contributed by atoms with van der Waals surface area (Å²) in [4.78, 5) is 6.05. The molecule has 2 aliphatic heterocycles. The minimum Gasteiger partial charge on any atom is -0.147 e. The Balaban J connectivity index is 0.00000144. The second kappa shape index (κ2) is 10.9. The van der Waals surface area contributed by atoms with Gasteiger partial charge in [-0.25, -0.2) is 0 Å². The SMILES string of the molecule is C[Si](C)(C1=C2C=CC=C2S(c2ccccc2)=[C]1[Zr])C1=C2C=CC=C2S(c2ccccc2)=[C]1[Zr].Cl.Cl. The van der Waals surface area contributed by atoms with E-state index in [0.29, 0.717) is 0 Å². The van der Waals surface area contributed by atoms with Crippen LogP contribution in [0.15, 0.2) is 138 Å². The molecule has 0 N–H and O–H groups in total. The van der Waals surface area contributed by atoms with Gasteiger partial charge in [0.25, 0.3) is 0 Å². The van der Waals surface area contributed by atoms with Crippen molar-refractivity contribution in [3.63, 3.8) is 0 Å². The first-order valence-corrected chi connectivity index (χ1v) is 18.9. The normalized spacial score (nSPS) is 22.1. The number of allylic oxidation sites excluding steroid dienone is 10. The van der Waals surface area contributed by atoms with Gasteiger partial charge in [-0.05, 0) is 0 Å². The molecule has 0 saturated carbocycles. The number of fused-ring (bicyclic) bond motifs is 2. The summed E-state index contributed by atoms with van der Waals surface area (Å²) in [5, 5.41) is 3.43. The van der Waals surface area contributed by atoms with Crippen LogP contribution in [0.3, 0.4) is 0 Å². The quantitative estimate of drug-likeness (QED) is 0.223. The van der Waals surface area contributed by atoms with Gasteiger partial charge in [0.15, 0.2) is 0 Å². The Bertz CT molecular complexity index is 1360. The van der Waals surface area contributed by atoms with Crippen molar-refractivity contribution in [2.45, 2.75) is 22.9 Å². The van der Waals surface area contributed by atoms with Gasteiger partial charge in [-0.3, -0.25) is 0 Å². The monoisotopic (exact) mass is 702 g/mol. The van der Waals surface area contributed by atoms with E-state index >= 15 is 0 Å². The molecule has 2 aromatic rings. The second-order valence-electron chi connectivity index (χ2n) is 8.88. The average molecular weight is 706 g/mol. The molecule has 2 aliphatic carbocycles. The number of hydrogen-bond acceptors (Lipinski definition) is 0. The molecule has 0 nitrogen and oxygen atoms in total. The Morgan fingerprint density at radius 1 is 0.600 bits per heavy atom. The van der Waals surface area contributed by atoms with E-state index in [1.165, 1.54) is 9.79 Å². The molecule has 0 amide bonds. The molecule has 2 atom stereocenters. The summed E-state index contributed by atoms with van der Waals surface area (Å²) in [5.74, 6) is 0. The molecule has 4 aliphatic rings. The van der Waals surface area contributed by atoms with Crippen LogP contribution in [0.4, 0.5) is 0 Å². The molecular formula is C28H24Cl2S2SiZr2. The minimum atomic E-state index is -1.92. The Morgan fingerprint density at radius 3 is 1.34 bits per heavy atom. The van der Waals surface area contributed by atoms with E-state index in [0.717, 1.165) is 0 Å². The molecule has 2 heterocycles. The van der Waals surface area contributed by atoms with Crippen LogP contribution in [0.2, 0.25) is 13.1 Å². The Hall–Kier alpha value is -0.117. The van der Waals surface area contributed by atoms with Crippen LogP contribution >= 0.6 is 45.8 Å². The number of rotatable bonds is 4. The van der Waals surface area contributed by atoms with Crippen molar-refractivity contribution in [3.8, 4) is 0 Å². The number of halogens is 2. The van der Waals surface area contributed by atoms with Gasteiger partial charge in [0.2, 0.25) is 0 Å². The first-order valence-electron chi connectivity index (χ1n) is 11.0. The van der Waals surface area contributed by atoms with E-state index in [1.807, 2.05) is 0 Å². The zero-order valence-electron chi connectivity index (χ0n) is 19.4. The third kappa shape index (κ3) is 4.46. The molecule has 2 unspecified atom stereocenters. The molecule has 0 bridgehead atoms. The molecule has 7 heteroatoms. The molecule has 35 heavy (non-hydrogen) atoms. The fourth-order valence-electron chi connectivity index (χ4n) is 5.21. The van der Waals surface area contributed by atoms with E-state index in [1.54, 1.807) is 85.9 Å². The van der Waals surface area contributed by atoms with Crippen molar-refractivity contribution in [2.75, 3.05) is 0 Å². The standard InChI is InChI=1S/C28H22S2Si.2ClH.2Zr/c1-31(2,27-19-29(21-11-5-3-6-12-21)25-17-9-15-23(25)27)28-20-30(22-13-7-4-8-14-22)26-18-10-16-24(26)28;;;;/h3-18H,1-2H3;2*1H;;. The molecule has 0 spiro atoms. The predicted molar refractivity (Wildman–Crippen MR) is 155 cm³/mol. The summed E-state index contributed by atoms with van der Waals surface area (Å²) in [5.41, 5.74) is 3.09. The molecule has 2 aromatic carbocycles. The minimum absolute atomic E-state index is 0. The third-order valence-corrected chi connectivity index (χ3v) is 20.3. The van der Waals surface area contributed by atoms with Crippen LogP contribution in [0.5, 0.6) is 0 Å². The zero-order valence-corrected chi connectivity index (χ0v) is 28.6. The fourth-order valence-corrected chi connectivity index (χ4v) is 23.5. The van der Waals surface area contributed by atoms with E-state index in [4.69, 9.17) is 0 Å². The fraction of sp³-hybridized carbons (Fsp3) is 0.0714. The molecule has 0 saturated heterocycles. The van der Waals surface area contributed by atoms with Crippen LogP contribution in [-0.4, -0.2) is 13.2 Å². The van der Waals surface area contributed by atoms with Gasteiger partial charge in [0.05, 0.1) is 0 Å². The van der Waals surface area contributed by atoms with Gasteiger partial charge in [0.1, 0.15) is 0 Å². The summed E-state index contributed by atoms with van der Waals surface area (Å²) < 4.78 is 3.37. The van der Waals surface area contributed by atoms with Crippen molar-refractivity contribution in [1.82, 2.24) is 0 Å². The number of benzene rings is 2. The van der Waals surface area contributed by atoms with Crippen LogP contribution in [0, 0.1) is 0 Å². The molecule has 174 valence electrons. The van der Waals surface area contributed by atoms with Gasteiger partial charge in [0, 0.05) is 0 Å². The zero-order chi connectivity index (χ0) is 22.7. The molecule has 0 aromatic heterocycles.